The monoisotopic (exact) mass is 283 g/mol. The van der Waals surface area contributed by atoms with E-state index >= 15 is 0 Å². The zero-order valence-corrected chi connectivity index (χ0v) is 11.6. The standard InChI is InChI=1S/C17H17NO3/c19-12-3-1-8-10-7-11-9-2-4-13(20)16-17(9,5-6-18(10)11)14(8)15(12)21-16/h1-4,9-11,13,16,19-20H,5-7H2. The van der Waals surface area contributed by atoms with Crippen LogP contribution in [0, 0.1) is 5.92 Å². The number of hydrogen-bond acceptors (Lipinski definition) is 4. The minimum atomic E-state index is -0.581. The van der Waals surface area contributed by atoms with Crippen molar-refractivity contribution < 1.29 is 14.9 Å². The molecule has 1 aliphatic carbocycles. The number of benzene rings is 1. The van der Waals surface area contributed by atoms with E-state index < -0.39 is 6.10 Å². The maximum absolute atomic E-state index is 10.5. The normalized spacial score (nSPS) is 50.1. The molecule has 108 valence electrons. The van der Waals surface area contributed by atoms with Gasteiger partial charge in [0.05, 0.1) is 0 Å². The summed E-state index contributed by atoms with van der Waals surface area (Å²) in [4.78, 5) is 2.61. The first-order chi connectivity index (χ1) is 10.2. The molecule has 0 aromatic heterocycles. The molecule has 4 aliphatic heterocycles. The predicted molar refractivity (Wildman–Crippen MR) is 75.3 cm³/mol. The van der Waals surface area contributed by atoms with Gasteiger partial charge in [0.1, 0.15) is 12.2 Å². The lowest BCUT2D eigenvalue weighted by Crippen LogP contribution is -2.65. The molecule has 4 heterocycles. The summed E-state index contributed by atoms with van der Waals surface area (Å²) in [5, 5.41) is 20.7. The Morgan fingerprint density at radius 3 is 3.10 bits per heavy atom. The van der Waals surface area contributed by atoms with Crippen LogP contribution in [0.2, 0.25) is 0 Å². The minimum absolute atomic E-state index is 0.135. The third-order valence-electron chi connectivity index (χ3n) is 6.66. The maximum Gasteiger partial charge on any atom is 0.165 e. The van der Waals surface area contributed by atoms with Crippen LogP contribution in [0.1, 0.15) is 30.0 Å². The van der Waals surface area contributed by atoms with Crippen molar-refractivity contribution >= 4 is 0 Å². The van der Waals surface area contributed by atoms with E-state index in [1.54, 1.807) is 6.07 Å². The Bertz CT molecular complexity index is 714. The van der Waals surface area contributed by atoms with Gasteiger partial charge in [0.2, 0.25) is 0 Å². The quantitative estimate of drug-likeness (QED) is 0.708. The number of hydrogen-bond donors (Lipinski definition) is 2. The second-order valence-corrected chi connectivity index (χ2v) is 7.16. The Hall–Kier alpha value is -1.52. The van der Waals surface area contributed by atoms with Crippen LogP contribution in [-0.2, 0) is 5.41 Å². The number of ether oxygens (including phenoxy) is 1. The number of aliphatic hydroxyl groups is 1. The number of piperidine rings is 1. The lowest BCUT2D eigenvalue weighted by atomic mass is 9.57. The summed E-state index contributed by atoms with van der Waals surface area (Å²) in [6, 6.07) is 4.88. The highest BCUT2D eigenvalue weighted by Gasteiger charge is 2.68. The van der Waals surface area contributed by atoms with Crippen molar-refractivity contribution in [2.45, 2.75) is 42.5 Å². The molecular weight excluding hydrogens is 266 g/mol. The molecule has 21 heavy (non-hydrogen) atoms. The van der Waals surface area contributed by atoms with E-state index in [1.165, 1.54) is 17.5 Å². The highest BCUT2D eigenvalue weighted by Crippen LogP contribution is 2.67. The van der Waals surface area contributed by atoms with E-state index in [0.29, 0.717) is 23.8 Å². The van der Waals surface area contributed by atoms with E-state index in [-0.39, 0.29) is 17.3 Å². The van der Waals surface area contributed by atoms with Crippen LogP contribution < -0.4 is 4.74 Å². The summed E-state index contributed by atoms with van der Waals surface area (Å²) in [5.74, 6) is 1.26. The van der Waals surface area contributed by atoms with E-state index in [0.717, 1.165) is 13.0 Å². The van der Waals surface area contributed by atoms with Gasteiger partial charge in [-0.15, -0.1) is 0 Å². The molecule has 7 atom stereocenters. The van der Waals surface area contributed by atoms with E-state index in [1.807, 2.05) is 6.08 Å². The summed E-state index contributed by atoms with van der Waals surface area (Å²) in [5.41, 5.74) is 2.39. The summed E-state index contributed by atoms with van der Waals surface area (Å²) in [6.07, 6.45) is 5.50. The smallest absolute Gasteiger partial charge is 0.165 e. The fourth-order valence-electron chi connectivity index (χ4n) is 5.87. The van der Waals surface area contributed by atoms with Crippen molar-refractivity contribution in [1.29, 1.82) is 0 Å². The fraction of sp³-hybridized carbons (Fsp3) is 0.529. The number of aliphatic hydroxyl groups excluding tert-OH is 1. The number of fused-ring (bicyclic) bond motifs is 1. The Morgan fingerprint density at radius 1 is 1.29 bits per heavy atom. The van der Waals surface area contributed by atoms with Crippen molar-refractivity contribution in [3.63, 3.8) is 0 Å². The lowest BCUT2D eigenvalue weighted by Gasteiger charge is -2.58. The van der Waals surface area contributed by atoms with Gasteiger partial charge in [0.25, 0.3) is 0 Å². The molecule has 2 fully saturated rings. The van der Waals surface area contributed by atoms with Gasteiger partial charge >= 0.3 is 0 Å². The van der Waals surface area contributed by atoms with E-state index in [4.69, 9.17) is 4.74 Å². The van der Waals surface area contributed by atoms with Gasteiger partial charge in [-0.3, -0.25) is 4.90 Å². The lowest BCUT2D eigenvalue weighted by molar-refractivity contribution is -0.0965. The largest absolute Gasteiger partial charge is 0.504 e. The van der Waals surface area contributed by atoms with Gasteiger partial charge in [-0.05, 0) is 24.5 Å². The molecule has 0 saturated carbocycles. The second-order valence-electron chi connectivity index (χ2n) is 7.16. The van der Waals surface area contributed by atoms with E-state index in [9.17, 15) is 10.2 Å². The molecule has 4 nitrogen and oxygen atoms in total. The molecule has 1 spiro atoms. The van der Waals surface area contributed by atoms with Crippen LogP contribution in [0.15, 0.2) is 24.3 Å². The summed E-state index contributed by atoms with van der Waals surface area (Å²) in [7, 11) is 0. The van der Waals surface area contributed by atoms with Gasteiger partial charge in [0, 0.05) is 35.5 Å². The van der Waals surface area contributed by atoms with Gasteiger partial charge in [-0.25, -0.2) is 0 Å². The molecule has 4 bridgehead atoms. The highest BCUT2D eigenvalue weighted by atomic mass is 16.5. The number of aromatic hydroxyl groups is 1. The van der Waals surface area contributed by atoms with Crippen LogP contribution in [0.25, 0.3) is 0 Å². The summed E-state index contributed by atoms with van der Waals surface area (Å²) in [6.45, 7) is 1.07. The zero-order chi connectivity index (χ0) is 13.9. The van der Waals surface area contributed by atoms with Crippen molar-refractivity contribution in [2.24, 2.45) is 5.92 Å². The molecule has 0 amide bonds. The van der Waals surface area contributed by atoms with Gasteiger partial charge in [-0.1, -0.05) is 18.2 Å². The fourth-order valence-corrected chi connectivity index (χ4v) is 5.87. The van der Waals surface area contributed by atoms with Crippen molar-refractivity contribution in [2.75, 3.05) is 6.54 Å². The van der Waals surface area contributed by atoms with E-state index in [2.05, 4.69) is 17.0 Å². The zero-order valence-electron chi connectivity index (χ0n) is 11.6. The van der Waals surface area contributed by atoms with Crippen LogP contribution in [0.3, 0.4) is 0 Å². The first-order valence-corrected chi connectivity index (χ1v) is 7.87. The van der Waals surface area contributed by atoms with Crippen molar-refractivity contribution in [1.82, 2.24) is 4.90 Å². The molecule has 1 aromatic carbocycles. The first kappa shape index (κ1) is 11.1. The molecule has 2 saturated heterocycles. The van der Waals surface area contributed by atoms with Gasteiger partial charge in [0.15, 0.2) is 11.5 Å². The average molecular weight is 283 g/mol. The third kappa shape index (κ3) is 0.955. The highest BCUT2D eigenvalue weighted by molar-refractivity contribution is 5.62. The molecule has 5 aliphatic rings. The van der Waals surface area contributed by atoms with Crippen LogP contribution in [0.4, 0.5) is 0 Å². The summed E-state index contributed by atoms with van der Waals surface area (Å²) < 4.78 is 6.12. The van der Waals surface area contributed by atoms with Crippen LogP contribution in [-0.4, -0.2) is 39.9 Å². The summed E-state index contributed by atoms with van der Waals surface area (Å²) >= 11 is 0. The second kappa shape index (κ2) is 3.13. The molecule has 7 unspecified atom stereocenters. The van der Waals surface area contributed by atoms with Gasteiger partial charge in [-0.2, -0.15) is 0 Å². The Balaban J connectivity index is 1.76. The topological polar surface area (TPSA) is 52.9 Å². The Labute approximate surface area is 122 Å². The van der Waals surface area contributed by atoms with Crippen LogP contribution >= 0.6 is 0 Å². The molecule has 1 aromatic rings. The Morgan fingerprint density at radius 2 is 2.19 bits per heavy atom. The number of phenolic OH excluding ortho intramolecular Hbond substituents is 1. The predicted octanol–water partition coefficient (Wildman–Crippen LogP) is 1.47. The molecule has 2 N–H and O–H groups in total. The molecule has 6 rings (SSSR count). The van der Waals surface area contributed by atoms with Gasteiger partial charge < -0.3 is 14.9 Å². The maximum atomic E-state index is 10.5. The van der Waals surface area contributed by atoms with Crippen molar-refractivity contribution in [3.8, 4) is 11.5 Å². The molecule has 0 radical (unpaired) electrons. The molecular formula is C17H17NO3. The average Bonchev–Trinajstić information content (AvgIpc) is 2.64. The number of nitrogens with zero attached hydrogens (tertiary/aromatic N) is 1. The number of phenols is 1. The van der Waals surface area contributed by atoms with Crippen LogP contribution in [0.5, 0.6) is 11.5 Å². The first-order valence-electron chi connectivity index (χ1n) is 7.87. The Kier molecular flexibility index (Phi) is 1.65. The minimum Gasteiger partial charge on any atom is -0.504 e. The molecule has 4 heteroatoms. The van der Waals surface area contributed by atoms with Crippen molar-refractivity contribution in [3.05, 3.63) is 35.4 Å². The SMILES string of the molecule is Oc1ccc2c3c1OC1C(O)C=CC4C5CC2N5CCC341. The number of rotatable bonds is 0. The third-order valence-corrected chi connectivity index (χ3v) is 6.66.